The zero-order chi connectivity index (χ0) is 15.5. The number of rotatable bonds is 3. The number of hydrogen-bond acceptors (Lipinski definition) is 2. The minimum atomic E-state index is -0.162. The molecule has 1 saturated heterocycles. The van der Waals surface area contributed by atoms with Crippen molar-refractivity contribution in [3.63, 3.8) is 0 Å². The summed E-state index contributed by atoms with van der Waals surface area (Å²) >= 11 is 0. The Morgan fingerprint density at radius 1 is 1.24 bits per heavy atom. The number of halogens is 1. The molecule has 3 heteroatoms. The van der Waals surface area contributed by atoms with Gasteiger partial charge in [-0.3, -0.25) is 0 Å². The number of hydrogen-bond donors (Lipinski definition) is 1. The topological polar surface area (TPSA) is 29.3 Å². The molecule has 0 radical (unpaired) electrons. The maximum atomic E-state index is 13.5. The van der Waals surface area contributed by atoms with Crippen molar-refractivity contribution in [1.82, 2.24) is 0 Å². The summed E-state index contributed by atoms with van der Waals surface area (Å²) in [6.07, 6.45) is 4.45. The van der Waals surface area contributed by atoms with Crippen LogP contribution in [0.4, 0.5) is 10.1 Å². The monoisotopic (exact) mass is 292 g/mol. The summed E-state index contributed by atoms with van der Waals surface area (Å²) in [5.41, 5.74) is 8.28. The molecule has 0 aromatic heterocycles. The van der Waals surface area contributed by atoms with E-state index in [1.54, 1.807) is 12.1 Å². The zero-order valence-electron chi connectivity index (χ0n) is 13.7. The highest BCUT2D eigenvalue weighted by molar-refractivity contribution is 5.54. The van der Waals surface area contributed by atoms with E-state index >= 15 is 0 Å². The van der Waals surface area contributed by atoms with Crippen LogP contribution in [0.2, 0.25) is 0 Å². The van der Waals surface area contributed by atoms with Gasteiger partial charge in [0.05, 0.1) is 0 Å². The molecule has 1 atom stereocenters. The SMILES string of the molecule is CC(C)(C)C1CCCN(c2ccc(F)cc2CCN)CC1. The first-order valence-corrected chi connectivity index (χ1v) is 8.15. The van der Waals surface area contributed by atoms with Crippen molar-refractivity contribution < 1.29 is 4.39 Å². The van der Waals surface area contributed by atoms with Gasteiger partial charge >= 0.3 is 0 Å². The lowest BCUT2D eigenvalue weighted by Gasteiger charge is -2.30. The lowest BCUT2D eigenvalue weighted by atomic mass is 9.77. The van der Waals surface area contributed by atoms with Gasteiger partial charge < -0.3 is 10.6 Å². The van der Waals surface area contributed by atoms with Gasteiger partial charge in [0.2, 0.25) is 0 Å². The second-order valence-electron chi connectivity index (χ2n) is 7.29. The molecule has 0 amide bonds. The first-order chi connectivity index (χ1) is 9.91. The molecule has 2 N–H and O–H groups in total. The van der Waals surface area contributed by atoms with E-state index in [-0.39, 0.29) is 5.82 Å². The van der Waals surface area contributed by atoms with Gasteiger partial charge in [-0.1, -0.05) is 20.8 Å². The molecule has 0 bridgehead atoms. The third kappa shape index (κ3) is 4.19. The fourth-order valence-corrected chi connectivity index (χ4v) is 3.42. The van der Waals surface area contributed by atoms with Crippen molar-refractivity contribution in [3.8, 4) is 0 Å². The predicted molar refractivity (Wildman–Crippen MR) is 88.2 cm³/mol. The van der Waals surface area contributed by atoms with E-state index in [1.165, 1.54) is 24.9 Å². The molecular formula is C18H29FN2. The van der Waals surface area contributed by atoms with Crippen molar-refractivity contribution in [3.05, 3.63) is 29.6 Å². The maximum Gasteiger partial charge on any atom is 0.123 e. The highest BCUT2D eigenvalue weighted by Crippen LogP contribution is 2.35. The van der Waals surface area contributed by atoms with Crippen LogP contribution < -0.4 is 10.6 Å². The summed E-state index contributed by atoms with van der Waals surface area (Å²) < 4.78 is 13.5. The Labute approximate surface area is 128 Å². The van der Waals surface area contributed by atoms with Crippen LogP contribution in [-0.4, -0.2) is 19.6 Å². The molecule has 0 spiro atoms. The summed E-state index contributed by atoms with van der Waals surface area (Å²) in [4.78, 5) is 2.43. The fraction of sp³-hybridized carbons (Fsp3) is 0.667. The summed E-state index contributed by atoms with van der Waals surface area (Å²) in [5.74, 6) is 0.602. The third-order valence-corrected chi connectivity index (χ3v) is 4.75. The van der Waals surface area contributed by atoms with Gasteiger partial charge in [0, 0.05) is 18.8 Å². The minimum Gasteiger partial charge on any atom is -0.371 e. The molecule has 0 aliphatic carbocycles. The lowest BCUT2D eigenvalue weighted by Crippen LogP contribution is -2.27. The molecule has 2 rings (SSSR count). The zero-order valence-corrected chi connectivity index (χ0v) is 13.7. The Kier molecular flexibility index (Phi) is 5.26. The van der Waals surface area contributed by atoms with E-state index in [9.17, 15) is 4.39 Å². The lowest BCUT2D eigenvalue weighted by molar-refractivity contribution is 0.220. The molecule has 1 aromatic rings. The average molecular weight is 292 g/mol. The van der Waals surface area contributed by atoms with Gasteiger partial charge in [-0.15, -0.1) is 0 Å². The normalized spacial score (nSPS) is 20.4. The highest BCUT2D eigenvalue weighted by atomic mass is 19.1. The van der Waals surface area contributed by atoms with Crippen molar-refractivity contribution in [2.75, 3.05) is 24.5 Å². The predicted octanol–water partition coefficient (Wildman–Crippen LogP) is 3.98. The number of nitrogens with two attached hydrogens (primary N) is 1. The van der Waals surface area contributed by atoms with Crippen LogP contribution in [-0.2, 0) is 6.42 Å². The standard InChI is InChI=1S/C18H29FN2/c1-18(2,3)15-5-4-11-21(12-9-15)17-7-6-16(19)13-14(17)8-10-20/h6-7,13,15H,4-5,8-12,20H2,1-3H3. The second kappa shape index (κ2) is 6.78. The molecular weight excluding hydrogens is 263 g/mol. The molecule has 0 saturated carbocycles. The first kappa shape index (κ1) is 16.3. The fourth-order valence-electron chi connectivity index (χ4n) is 3.42. The van der Waals surface area contributed by atoms with E-state index in [1.807, 2.05) is 6.07 Å². The number of anilines is 1. The first-order valence-electron chi connectivity index (χ1n) is 8.15. The Morgan fingerprint density at radius 3 is 2.67 bits per heavy atom. The summed E-state index contributed by atoms with van der Waals surface area (Å²) in [5, 5.41) is 0. The quantitative estimate of drug-likeness (QED) is 0.913. The maximum absolute atomic E-state index is 13.5. The number of nitrogens with zero attached hydrogens (tertiary/aromatic N) is 1. The van der Waals surface area contributed by atoms with Gasteiger partial charge in [-0.25, -0.2) is 4.39 Å². The van der Waals surface area contributed by atoms with Crippen LogP contribution in [0.15, 0.2) is 18.2 Å². The average Bonchev–Trinajstić information content (AvgIpc) is 2.64. The minimum absolute atomic E-state index is 0.162. The van der Waals surface area contributed by atoms with Gasteiger partial charge in [-0.05, 0) is 67.3 Å². The smallest absolute Gasteiger partial charge is 0.123 e. The van der Waals surface area contributed by atoms with Crippen LogP contribution in [0.3, 0.4) is 0 Å². The molecule has 21 heavy (non-hydrogen) atoms. The molecule has 1 aliphatic heterocycles. The van der Waals surface area contributed by atoms with Gasteiger partial charge in [0.25, 0.3) is 0 Å². The molecule has 1 heterocycles. The molecule has 1 aromatic carbocycles. The van der Waals surface area contributed by atoms with Crippen LogP contribution in [0, 0.1) is 17.2 Å². The molecule has 2 nitrogen and oxygen atoms in total. The summed E-state index contributed by atoms with van der Waals surface area (Å²) in [6, 6.07) is 5.15. The molecule has 1 fully saturated rings. The van der Waals surface area contributed by atoms with Gasteiger partial charge in [0.15, 0.2) is 0 Å². The van der Waals surface area contributed by atoms with Gasteiger partial charge in [0.1, 0.15) is 5.82 Å². The van der Waals surface area contributed by atoms with Gasteiger partial charge in [-0.2, -0.15) is 0 Å². The summed E-state index contributed by atoms with van der Waals surface area (Å²) in [7, 11) is 0. The largest absolute Gasteiger partial charge is 0.371 e. The van der Waals surface area contributed by atoms with Crippen molar-refractivity contribution in [2.45, 2.75) is 46.5 Å². The Hall–Kier alpha value is -1.09. The molecule has 1 aliphatic rings. The van der Waals surface area contributed by atoms with Crippen LogP contribution in [0.1, 0.15) is 45.6 Å². The Balaban J connectivity index is 2.15. The molecule has 1 unspecified atom stereocenters. The third-order valence-electron chi connectivity index (χ3n) is 4.75. The van der Waals surface area contributed by atoms with Crippen LogP contribution in [0.25, 0.3) is 0 Å². The van der Waals surface area contributed by atoms with Crippen molar-refractivity contribution >= 4 is 5.69 Å². The highest BCUT2D eigenvalue weighted by Gasteiger charge is 2.27. The summed E-state index contributed by atoms with van der Waals surface area (Å²) in [6.45, 7) is 9.71. The number of benzene rings is 1. The van der Waals surface area contributed by atoms with Crippen molar-refractivity contribution in [1.29, 1.82) is 0 Å². The van der Waals surface area contributed by atoms with E-state index < -0.39 is 0 Å². The van der Waals surface area contributed by atoms with Crippen LogP contribution >= 0.6 is 0 Å². The van der Waals surface area contributed by atoms with Crippen LogP contribution in [0.5, 0.6) is 0 Å². The van der Waals surface area contributed by atoms with E-state index in [0.29, 0.717) is 12.0 Å². The molecule has 118 valence electrons. The second-order valence-corrected chi connectivity index (χ2v) is 7.29. The Bertz CT molecular complexity index is 465. The van der Waals surface area contributed by atoms with Crippen molar-refractivity contribution in [2.24, 2.45) is 17.1 Å². The van der Waals surface area contributed by atoms with E-state index in [2.05, 4.69) is 25.7 Å². The Morgan fingerprint density at radius 2 is 2.00 bits per heavy atom. The van der Waals surface area contributed by atoms with E-state index in [4.69, 9.17) is 5.73 Å². The van der Waals surface area contributed by atoms with E-state index in [0.717, 1.165) is 31.0 Å².